The molecule has 1 atom stereocenters. The van der Waals surface area contributed by atoms with E-state index in [0.717, 1.165) is 34.9 Å². The van der Waals surface area contributed by atoms with Crippen LogP contribution >= 0.6 is 0 Å². The molecular formula is C26H28N4O6. The van der Waals surface area contributed by atoms with Crippen molar-refractivity contribution in [2.45, 2.75) is 38.3 Å². The average molecular weight is 493 g/mol. The number of guanidine groups is 1. The Morgan fingerprint density at radius 3 is 2.72 bits per heavy atom. The van der Waals surface area contributed by atoms with Gasteiger partial charge in [-0.2, -0.15) is 0 Å². The van der Waals surface area contributed by atoms with Crippen LogP contribution in [0.4, 0.5) is 4.79 Å². The number of nitrogens with zero attached hydrogens (tertiary/aromatic N) is 1. The van der Waals surface area contributed by atoms with Crippen molar-refractivity contribution in [2.75, 3.05) is 13.1 Å². The van der Waals surface area contributed by atoms with Crippen molar-refractivity contribution in [1.29, 1.82) is 0 Å². The predicted molar refractivity (Wildman–Crippen MR) is 132 cm³/mol. The number of hydrogen-bond acceptors (Lipinski definition) is 7. The molecule has 4 N–H and O–H groups in total. The Morgan fingerprint density at radius 2 is 1.97 bits per heavy atom. The standard InChI is InChI=1S/C26H28N4O6/c31-23(30-25-27-11-4-12-28-25)10-8-17-7-9-20-19(13-17)16-35-22(20)14-21(24(32)33)29-26(34)36-15-18-5-2-1-3-6-18/h1-3,5-7,9,13,16,21H,4,8,10-12,14-15H2,(H,29,34)(H,32,33)(H2,27,28,30,31). The fourth-order valence-electron chi connectivity index (χ4n) is 3.84. The minimum atomic E-state index is -1.22. The van der Waals surface area contributed by atoms with Gasteiger partial charge in [-0.3, -0.25) is 15.1 Å². The Morgan fingerprint density at radius 1 is 1.14 bits per heavy atom. The summed E-state index contributed by atoms with van der Waals surface area (Å²) in [5, 5.41) is 19.4. The van der Waals surface area contributed by atoms with Gasteiger partial charge in [-0.05, 0) is 30.0 Å². The number of fused-ring (bicyclic) bond motifs is 1. The molecule has 2 aromatic carbocycles. The van der Waals surface area contributed by atoms with Crippen LogP contribution in [0.5, 0.6) is 0 Å². The molecule has 0 bridgehead atoms. The van der Waals surface area contributed by atoms with E-state index in [1.165, 1.54) is 0 Å². The summed E-state index contributed by atoms with van der Waals surface area (Å²) in [5.74, 6) is -0.361. The zero-order chi connectivity index (χ0) is 25.3. The first-order valence-corrected chi connectivity index (χ1v) is 11.7. The van der Waals surface area contributed by atoms with Gasteiger partial charge in [0.2, 0.25) is 5.91 Å². The number of furan rings is 1. The molecule has 1 unspecified atom stereocenters. The monoisotopic (exact) mass is 492 g/mol. The number of rotatable bonds is 9. The molecular weight excluding hydrogens is 464 g/mol. The summed E-state index contributed by atoms with van der Waals surface area (Å²) < 4.78 is 10.8. The fraction of sp³-hybridized carbons (Fsp3) is 0.308. The molecule has 0 spiro atoms. The Labute approximate surface area is 207 Å². The number of hydrogen-bond donors (Lipinski definition) is 4. The number of carbonyl (C=O) groups is 3. The number of benzene rings is 2. The van der Waals surface area contributed by atoms with Crippen LogP contribution in [0.15, 0.2) is 64.2 Å². The maximum Gasteiger partial charge on any atom is 0.408 e. The van der Waals surface area contributed by atoms with Crippen molar-refractivity contribution in [3.8, 4) is 0 Å². The van der Waals surface area contributed by atoms with Crippen molar-refractivity contribution < 1.29 is 28.6 Å². The van der Waals surface area contributed by atoms with Gasteiger partial charge in [-0.25, -0.2) is 9.59 Å². The lowest BCUT2D eigenvalue weighted by molar-refractivity contribution is -0.139. The molecule has 1 aliphatic heterocycles. The van der Waals surface area contributed by atoms with Gasteiger partial charge in [0.15, 0.2) is 5.96 Å². The minimum Gasteiger partial charge on any atom is -0.480 e. The molecule has 1 aliphatic rings. The number of carboxylic acid groups (broad SMARTS) is 1. The highest BCUT2D eigenvalue weighted by Gasteiger charge is 2.24. The highest BCUT2D eigenvalue weighted by atomic mass is 16.5. The molecule has 36 heavy (non-hydrogen) atoms. The zero-order valence-electron chi connectivity index (χ0n) is 19.7. The lowest BCUT2D eigenvalue weighted by atomic mass is 10.0. The molecule has 1 aromatic heterocycles. The lowest BCUT2D eigenvalue weighted by Gasteiger charge is -2.15. The van der Waals surface area contributed by atoms with Crippen molar-refractivity contribution in [3.05, 3.63) is 71.7 Å². The van der Waals surface area contributed by atoms with E-state index in [-0.39, 0.29) is 18.9 Å². The summed E-state index contributed by atoms with van der Waals surface area (Å²) in [7, 11) is 0. The number of ether oxygens (including phenoxy) is 1. The number of aliphatic carboxylic acids is 1. The first-order chi connectivity index (χ1) is 17.5. The zero-order valence-corrected chi connectivity index (χ0v) is 19.7. The van der Waals surface area contributed by atoms with E-state index in [2.05, 4.69) is 20.9 Å². The summed E-state index contributed by atoms with van der Waals surface area (Å²) in [5.41, 5.74) is 1.74. The molecule has 2 amide bonds. The van der Waals surface area contributed by atoms with Crippen LogP contribution in [0.1, 0.15) is 29.7 Å². The fourth-order valence-corrected chi connectivity index (χ4v) is 3.84. The highest BCUT2D eigenvalue weighted by Crippen LogP contribution is 2.24. The molecule has 0 aliphatic carbocycles. The van der Waals surface area contributed by atoms with Crippen molar-refractivity contribution in [1.82, 2.24) is 16.0 Å². The normalized spacial score (nSPS) is 13.8. The van der Waals surface area contributed by atoms with Crippen molar-refractivity contribution in [3.63, 3.8) is 0 Å². The second-order valence-corrected chi connectivity index (χ2v) is 8.44. The van der Waals surface area contributed by atoms with Crippen LogP contribution in [-0.4, -0.2) is 48.2 Å². The third-order valence-electron chi connectivity index (χ3n) is 5.73. The van der Waals surface area contributed by atoms with E-state index in [1.807, 2.05) is 36.4 Å². The van der Waals surface area contributed by atoms with Gasteiger partial charge in [-0.1, -0.05) is 42.5 Å². The van der Waals surface area contributed by atoms with E-state index < -0.39 is 18.1 Å². The molecule has 0 saturated heterocycles. The van der Waals surface area contributed by atoms with Gasteiger partial charge in [0, 0.05) is 36.7 Å². The van der Waals surface area contributed by atoms with Crippen LogP contribution in [0.2, 0.25) is 0 Å². The molecule has 10 heteroatoms. The number of carbonyl (C=O) groups excluding carboxylic acids is 2. The van der Waals surface area contributed by atoms with Crippen LogP contribution in [0.3, 0.4) is 0 Å². The van der Waals surface area contributed by atoms with Gasteiger partial charge in [0.1, 0.15) is 18.4 Å². The van der Waals surface area contributed by atoms with E-state index in [4.69, 9.17) is 9.15 Å². The van der Waals surface area contributed by atoms with E-state index >= 15 is 0 Å². The molecule has 3 aromatic rings. The van der Waals surface area contributed by atoms with Gasteiger partial charge in [0.05, 0.1) is 6.26 Å². The molecule has 188 valence electrons. The van der Waals surface area contributed by atoms with E-state index in [1.54, 1.807) is 18.4 Å². The molecule has 0 fully saturated rings. The third-order valence-corrected chi connectivity index (χ3v) is 5.73. The van der Waals surface area contributed by atoms with Crippen LogP contribution in [0.25, 0.3) is 10.8 Å². The van der Waals surface area contributed by atoms with Crippen molar-refractivity contribution in [2.24, 2.45) is 4.99 Å². The Hall–Kier alpha value is -4.34. The predicted octanol–water partition coefficient (Wildman–Crippen LogP) is 2.75. The topological polar surface area (TPSA) is 142 Å². The summed E-state index contributed by atoms with van der Waals surface area (Å²) in [6.07, 6.45) is 2.46. The van der Waals surface area contributed by atoms with E-state index in [9.17, 15) is 19.5 Å². The lowest BCUT2D eigenvalue weighted by Crippen LogP contribution is -2.43. The van der Waals surface area contributed by atoms with Crippen LogP contribution in [0, 0.1) is 0 Å². The van der Waals surface area contributed by atoms with E-state index in [0.29, 0.717) is 31.1 Å². The summed E-state index contributed by atoms with van der Waals surface area (Å²) in [4.78, 5) is 40.3. The molecule has 0 radical (unpaired) electrons. The number of alkyl carbamates (subject to hydrolysis) is 1. The first-order valence-electron chi connectivity index (χ1n) is 11.7. The molecule has 0 saturated carbocycles. The van der Waals surface area contributed by atoms with Gasteiger partial charge >= 0.3 is 12.1 Å². The Kier molecular flexibility index (Phi) is 8.17. The van der Waals surface area contributed by atoms with Crippen molar-refractivity contribution >= 4 is 34.7 Å². The highest BCUT2D eigenvalue weighted by molar-refractivity contribution is 5.97. The number of carboxylic acids is 1. The van der Waals surface area contributed by atoms with Gasteiger partial charge < -0.3 is 24.9 Å². The van der Waals surface area contributed by atoms with Gasteiger partial charge in [-0.15, -0.1) is 0 Å². The minimum absolute atomic E-state index is 0.0358. The first kappa shape index (κ1) is 24.8. The number of aliphatic imine (C=N–C) groups is 1. The summed E-state index contributed by atoms with van der Waals surface area (Å²) >= 11 is 0. The molecule has 4 rings (SSSR count). The van der Waals surface area contributed by atoms with Crippen LogP contribution in [-0.2, 0) is 33.8 Å². The third kappa shape index (κ3) is 6.84. The second-order valence-electron chi connectivity index (χ2n) is 8.44. The molecule has 2 heterocycles. The number of aryl methyl sites for hydroxylation is 1. The number of nitrogens with one attached hydrogen (secondary N) is 3. The largest absolute Gasteiger partial charge is 0.480 e. The maximum atomic E-state index is 12.2. The second kappa shape index (κ2) is 11.9. The smallest absolute Gasteiger partial charge is 0.408 e. The molecule has 10 nitrogen and oxygen atoms in total. The SMILES string of the molecule is O=C(CCc1ccc2c(CC(NC(=O)OCc3ccccc3)C(=O)O)occ2c1)NC1=NCCCN1. The summed E-state index contributed by atoms with van der Waals surface area (Å²) in [6.45, 7) is 1.54. The number of amides is 2. The maximum absolute atomic E-state index is 12.2. The van der Waals surface area contributed by atoms with Gasteiger partial charge in [0.25, 0.3) is 0 Å². The van der Waals surface area contributed by atoms with Crippen LogP contribution < -0.4 is 16.0 Å². The Bertz CT molecular complexity index is 1250. The average Bonchev–Trinajstić information content (AvgIpc) is 3.29. The quantitative estimate of drug-likeness (QED) is 0.360. The summed E-state index contributed by atoms with van der Waals surface area (Å²) in [6, 6.07) is 13.5. The Balaban J connectivity index is 1.32.